The van der Waals surface area contributed by atoms with Gasteiger partial charge < -0.3 is 9.52 Å². The van der Waals surface area contributed by atoms with Crippen LogP contribution in [-0.4, -0.2) is 16.1 Å². The molecule has 0 aliphatic heterocycles. The largest absolute Gasteiger partial charge is 0.481 e. The number of fused-ring (bicyclic) bond motifs is 1. The monoisotopic (exact) mass is 299 g/mol. The lowest BCUT2D eigenvalue weighted by molar-refractivity contribution is -0.142. The van der Waals surface area contributed by atoms with E-state index in [1.165, 1.54) is 12.1 Å². The summed E-state index contributed by atoms with van der Waals surface area (Å²) in [4.78, 5) is 15.7. The Morgan fingerprint density at radius 1 is 1.18 bits per heavy atom. The van der Waals surface area contributed by atoms with E-state index in [0.717, 1.165) is 0 Å². The fraction of sp³-hybridized carbons (Fsp3) is 0.176. The molecular weight excluding hydrogens is 285 g/mol. The van der Waals surface area contributed by atoms with Gasteiger partial charge in [0.1, 0.15) is 11.3 Å². The molecule has 0 aliphatic carbocycles. The maximum atomic E-state index is 13.0. The summed E-state index contributed by atoms with van der Waals surface area (Å²) in [6.45, 7) is 3.27. The topological polar surface area (TPSA) is 63.3 Å². The molecule has 1 N–H and O–H groups in total. The average molecular weight is 299 g/mol. The second kappa shape index (κ2) is 4.94. The van der Waals surface area contributed by atoms with Crippen molar-refractivity contribution >= 4 is 17.1 Å². The lowest BCUT2D eigenvalue weighted by atomic mass is 9.85. The Labute approximate surface area is 126 Å². The van der Waals surface area contributed by atoms with Gasteiger partial charge in [-0.25, -0.2) is 9.37 Å². The predicted molar refractivity (Wildman–Crippen MR) is 80.1 cm³/mol. The maximum absolute atomic E-state index is 13.0. The van der Waals surface area contributed by atoms with E-state index >= 15 is 0 Å². The molecule has 0 spiro atoms. The zero-order valence-electron chi connectivity index (χ0n) is 12.1. The van der Waals surface area contributed by atoms with Gasteiger partial charge in [0.25, 0.3) is 0 Å². The van der Waals surface area contributed by atoms with Crippen molar-refractivity contribution < 1.29 is 18.7 Å². The van der Waals surface area contributed by atoms with Crippen molar-refractivity contribution in [3.8, 4) is 11.5 Å². The molecule has 22 heavy (non-hydrogen) atoms. The summed E-state index contributed by atoms with van der Waals surface area (Å²) in [5, 5.41) is 9.30. The first-order valence-electron chi connectivity index (χ1n) is 6.78. The van der Waals surface area contributed by atoms with Gasteiger partial charge in [-0.05, 0) is 55.8 Å². The third-order valence-corrected chi connectivity index (χ3v) is 3.74. The van der Waals surface area contributed by atoms with Crippen molar-refractivity contribution in [1.29, 1.82) is 0 Å². The number of carbonyl (C=O) groups is 1. The number of hydrogen-bond acceptors (Lipinski definition) is 3. The fourth-order valence-electron chi connectivity index (χ4n) is 2.16. The quantitative estimate of drug-likeness (QED) is 0.794. The second-order valence-corrected chi connectivity index (χ2v) is 5.64. The van der Waals surface area contributed by atoms with E-state index in [4.69, 9.17) is 4.42 Å². The Hall–Kier alpha value is -2.69. The van der Waals surface area contributed by atoms with Crippen LogP contribution in [0.1, 0.15) is 19.4 Å². The molecule has 0 fully saturated rings. The van der Waals surface area contributed by atoms with Crippen molar-refractivity contribution in [2.45, 2.75) is 19.3 Å². The van der Waals surface area contributed by atoms with E-state index < -0.39 is 11.4 Å². The van der Waals surface area contributed by atoms with Crippen LogP contribution >= 0.6 is 0 Å². The molecule has 112 valence electrons. The van der Waals surface area contributed by atoms with Gasteiger partial charge in [0.2, 0.25) is 5.89 Å². The first-order chi connectivity index (χ1) is 10.4. The Morgan fingerprint density at radius 3 is 2.50 bits per heavy atom. The third-order valence-electron chi connectivity index (χ3n) is 3.74. The standard InChI is InChI=1S/C17H14FNO3/c1-17(2,16(20)21)11-5-8-14-13(9-11)19-15(22-14)10-3-6-12(18)7-4-10/h3-9H,1-2H3,(H,20,21). The van der Waals surface area contributed by atoms with Gasteiger partial charge in [-0.2, -0.15) is 0 Å². The van der Waals surface area contributed by atoms with Crippen LogP contribution in [0.25, 0.3) is 22.6 Å². The molecule has 1 aromatic heterocycles. The molecule has 3 aromatic rings. The first kappa shape index (κ1) is 14.3. The van der Waals surface area contributed by atoms with Crippen molar-refractivity contribution in [3.63, 3.8) is 0 Å². The van der Waals surface area contributed by atoms with E-state index in [2.05, 4.69) is 4.98 Å². The number of rotatable bonds is 3. The molecule has 0 bridgehead atoms. The van der Waals surface area contributed by atoms with Gasteiger partial charge in [-0.15, -0.1) is 0 Å². The SMILES string of the molecule is CC(C)(C(=O)O)c1ccc2oc(-c3ccc(F)cc3)nc2c1. The molecule has 0 amide bonds. The lowest BCUT2D eigenvalue weighted by Gasteiger charge is -2.19. The summed E-state index contributed by atoms with van der Waals surface area (Å²) >= 11 is 0. The smallest absolute Gasteiger partial charge is 0.313 e. The normalized spacial score (nSPS) is 11.8. The number of carboxylic acid groups (broad SMARTS) is 1. The minimum Gasteiger partial charge on any atom is -0.481 e. The van der Waals surface area contributed by atoms with Gasteiger partial charge in [-0.3, -0.25) is 4.79 Å². The van der Waals surface area contributed by atoms with Crippen LogP contribution in [0.15, 0.2) is 46.9 Å². The Bertz CT molecular complexity index is 850. The van der Waals surface area contributed by atoms with Crippen molar-refractivity contribution in [2.75, 3.05) is 0 Å². The van der Waals surface area contributed by atoms with Crippen LogP contribution in [0.2, 0.25) is 0 Å². The highest BCUT2D eigenvalue weighted by Crippen LogP contribution is 2.29. The lowest BCUT2D eigenvalue weighted by Crippen LogP contribution is -2.28. The summed E-state index contributed by atoms with van der Waals surface area (Å²) in [6.07, 6.45) is 0. The highest BCUT2D eigenvalue weighted by atomic mass is 19.1. The number of halogens is 1. The Kier molecular flexibility index (Phi) is 3.20. The van der Waals surface area contributed by atoms with Gasteiger partial charge in [0.05, 0.1) is 5.41 Å². The second-order valence-electron chi connectivity index (χ2n) is 5.64. The van der Waals surface area contributed by atoms with Crippen LogP contribution < -0.4 is 0 Å². The molecule has 1 heterocycles. The van der Waals surface area contributed by atoms with E-state index in [1.54, 1.807) is 44.2 Å². The molecular formula is C17H14FNO3. The molecule has 0 saturated carbocycles. The summed E-state index contributed by atoms with van der Waals surface area (Å²) in [7, 11) is 0. The number of aromatic nitrogens is 1. The Balaban J connectivity index is 2.07. The first-order valence-corrected chi connectivity index (χ1v) is 6.78. The Morgan fingerprint density at radius 2 is 1.86 bits per heavy atom. The highest BCUT2D eigenvalue weighted by molar-refractivity contribution is 5.84. The van der Waals surface area contributed by atoms with Crippen molar-refractivity contribution in [3.05, 3.63) is 53.8 Å². The van der Waals surface area contributed by atoms with E-state index in [1.807, 2.05) is 0 Å². The zero-order chi connectivity index (χ0) is 15.9. The number of benzene rings is 2. The minimum absolute atomic E-state index is 0.328. The van der Waals surface area contributed by atoms with Crippen LogP contribution in [-0.2, 0) is 10.2 Å². The molecule has 3 rings (SSSR count). The average Bonchev–Trinajstić information content (AvgIpc) is 2.90. The molecule has 0 atom stereocenters. The number of oxazole rings is 1. The molecule has 0 radical (unpaired) electrons. The van der Waals surface area contributed by atoms with Crippen LogP contribution in [0.4, 0.5) is 4.39 Å². The third kappa shape index (κ3) is 2.35. The minimum atomic E-state index is -1.01. The number of hydrogen-bond donors (Lipinski definition) is 1. The van der Waals surface area contributed by atoms with E-state index in [-0.39, 0.29) is 5.82 Å². The van der Waals surface area contributed by atoms with Gasteiger partial charge in [-0.1, -0.05) is 6.07 Å². The molecule has 0 unspecified atom stereocenters. The molecule has 4 nitrogen and oxygen atoms in total. The highest BCUT2D eigenvalue weighted by Gasteiger charge is 2.30. The predicted octanol–water partition coefficient (Wildman–Crippen LogP) is 4.00. The van der Waals surface area contributed by atoms with Crippen LogP contribution in [0.3, 0.4) is 0 Å². The summed E-state index contributed by atoms with van der Waals surface area (Å²) in [5.74, 6) is -0.861. The van der Waals surface area contributed by atoms with Gasteiger partial charge >= 0.3 is 5.97 Å². The zero-order valence-corrected chi connectivity index (χ0v) is 12.1. The van der Waals surface area contributed by atoms with Crippen LogP contribution in [0, 0.1) is 5.82 Å². The number of aliphatic carboxylic acids is 1. The van der Waals surface area contributed by atoms with E-state index in [9.17, 15) is 14.3 Å². The van der Waals surface area contributed by atoms with Crippen molar-refractivity contribution in [1.82, 2.24) is 4.98 Å². The van der Waals surface area contributed by atoms with Gasteiger partial charge in [0, 0.05) is 5.56 Å². The maximum Gasteiger partial charge on any atom is 0.313 e. The molecule has 0 aliphatic rings. The summed E-state index contributed by atoms with van der Waals surface area (Å²) in [5.41, 5.74) is 1.43. The summed E-state index contributed by atoms with van der Waals surface area (Å²) < 4.78 is 18.6. The molecule has 5 heteroatoms. The number of nitrogens with zero attached hydrogens (tertiary/aromatic N) is 1. The van der Waals surface area contributed by atoms with Gasteiger partial charge in [0.15, 0.2) is 5.58 Å². The van der Waals surface area contributed by atoms with E-state index in [0.29, 0.717) is 28.1 Å². The fourth-order valence-corrected chi connectivity index (χ4v) is 2.16. The van der Waals surface area contributed by atoms with Crippen molar-refractivity contribution in [2.24, 2.45) is 0 Å². The summed E-state index contributed by atoms with van der Waals surface area (Å²) in [6, 6.07) is 11.0. The molecule has 0 saturated heterocycles. The van der Waals surface area contributed by atoms with Crippen LogP contribution in [0.5, 0.6) is 0 Å². The molecule has 2 aromatic carbocycles. The number of carboxylic acids is 1.